The van der Waals surface area contributed by atoms with Gasteiger partial charge in [0, 0.05) is 42.7 Å². The van der Waals surface area contributed by atoms with Crippen molar-refractivity contribution in [3.05, 3.63) is 0 Å². The summed E-state index contributed by atoms with van der Waals surface area (Å²) in [4.78, 5) is 0. The first-order chi connectivity index (χ1) is 6.33. The minimum absolute atomic E-state index is 0.334. The molecule has 1 saturated heterocycles. The average molecular weight is 221 g/mol. The Kier molecular flexibility index (Phi) is 6.28. The third kappa shape index (κ3) is 5.15. The van der Waals surface area contributed by atoms with E-state index < -0.39 is 0 Å². The maximum atomic E-state index is 5.17. The molecule has 1 aliphatic rings. The SMILES string of the molecule is COC(C)CNCC1CSCCS1. The zero-order valence-corrected chi connectivity index (χ0v) is 10.0. The molecule has 0 bridgehead atoms. The number of ether oxygens (including phenoxy) is 1. The van der Waals surface area contributed by atoms with Crippen LogP contribution >= 0.6 is 23.5 Å². The fraction of sp³-hybridized carbons (Fsp3) is 1.00. The van der Waals surface area contributed by atoms with E-state index in [1.807, 2.05) is 0 Å². The second-order valence-electron chi connectivity index (χ2n) is 3.27. The Morgan fingerprint density at radius 2 is 2.38 bits per heavy atom. The maximum Gasteiger partial charge on any atom is 0.0667 e. The lowest BCUT2D eigenvalue weighted by Gasteiger charge is -2.21. The van der Waals surface area contributed by atoms with Gasteiger partial charge in [0.2, 0.25) is 0 Å². The van der Waals surface area contributed by atoms with Gasteiger partial charge in [-0.25, -0.2) is 0 Å². The van der Waals surface area contributed by atoms with Crippen molar-refractivity contribution in [2.24, 2.45) is 0 Å². The first-order valence-corrected chi connectivity index (χ1v) is 6.96. The smallest absolute Gasteiger partial charge is 0.0667 e. The molecule has 0 aromatic rings. The minimum atomic E-state index is 0.334. The van der Waals surface area contributed by atoms with E-state index in [0.29, 0.717) is 6.10 Å². The number of thioether (sulfide) groups is 2. The van der Waals surface area contributed by atoms with Crippen molar-refractivity contribution < 1.29 is 4.74 Å². The second kappa shape index (κ2) is 6.98. The summed E-state index contributed by atoms with van der Waals surface area (Å²) in [5, 5.41) is 4.25. The molecule has 0 saturated carbocycles. The lowest BCUT2D eigenvalue weighted by Crippen LogP contribution is -2.33. The number of rotatable bonds is 5. The molecule has 2 nitrogen and oxygen atoms in total. The molecule has 4 heteroatoms. The van der Waals surface area contributed by atoms with Crippen molar-refractivity contribution in [3.8, 4) is 0 Å². The highest BCUT2D eigenvalue weighted by Gasteiger charge is 2.13. The van der Waals surface area contributed by atoms with Crippen LogP contribution in [0, 0.1) is 0 Å². The molecule has 1 aliphatic heterocycles. The topological polar surface area (TPSA) is 21.3 Å². The molecule has 78 valence electrons. The highest BCUT2D eigenvalue weighted by Crippen LogP contribution is 2.23. The van der Waals surface area contributed by atoms with Gasteiger partial charge < -0.3 is 10.1 Å². The largest absolute Gasteiger partial charge is 0.380 e. The molecule has 13 heavy (non-hydrogen) atoms. The predicted molar refractivity (Wildman–Crippen MR) is 62.9 cm³/mol. The summed E-state index contributed by atoms with van der Waals surface area (Å²) in [5.41, 5.74) is 0. The summed E-state index contributed by atoms with van der Waals surface area (Å²) in [7, 11) is 1.76. The summed E-state index contributed by atoms with van der Waals surface area (Å²) in [5.74, 6) is 3.95. The monoisotopic (exact) mass is 221 g/mol. The van der Waals surface area contributed by atoms with Crippen molar-refractivity contribution in [1.82, 2.24) is 5.32 Å². The molecule has 0 amide bonds. The Balaban J connectivity index is 1.98. The van der Waals surface area contributed by atoms with E-state index in [0.717, 1.165) is 18.3 Å². The van der Waals surface area contributed by atoms with Gasteiger partial charge in [0.05, 0.1) is 6.10 Å². The van der Waals surface area contributed by atoms with Crippen LogP contribution < -0.4 is 5.32 Å². The van der Waals surface area contributed by atoms with Gasteiger partial charge in [0.15, 0.2) is 0 Å². The summed E-state index contributed by atoms with van der Waals surface area (Å²) in [6.07, 6.45) is 0.334. The molecule has 1 rings (SSSR count). The standard InChI is InChI=1S/C9H19NOS2/c1-8(11-2)5-10-6-9-7-12-3-4-13-9/h8-10H,3-7H2,1-2H3. The number of hydrogen-bond donors (Lipinski definition) is 1. The molecule has 2 unspecified atom stereocenters. The second-order valence-corrected chi connectivity index (χ2v) is 5.83. The Morgan fingerprint density at radius 1 is 1.54 bits per heavy atom. The quantitative estimate of drug-likeness (QED) is 0.758. The van der Waals surface area contributed by atoms with Crippen LogP contribution in [0.5, 0.6) is 0 Å². The predicted octanol–water partition coefficient (Wildman–Crippen LogP) is 1.46. The lowest BCUT2D eigenvalue weighted by atomic mass is 10.4. The number of methoxy groups -OCH3 is 1. The maximum absolute atomic E-state index is 5.17. The van der Waals surface area contributed by atoms with Crippen molar-refractivity contribution in [2.75, 3.05) is 37.5 Å². The van der Waals surface area contributed by atoms with Crippen LogP contribution in [0.2, 0.25) is 0 Å². The lowest BCUT2D eigenvalue weighted by molar-refractivity contribution is 0.117. The van der Waals surface area contributed by atoms with Crippen LogP contribution in [0.1, 0.15) is 6.92 Å². The van der Waals surface area contributed by atoms with Gasteiger partial charge in [-0.1, -0.05) is 0 Å². The van der Waals surface area contributed by atoms with Crippen LogP contribution in [0.4, 0.5) is 0 Å². The molecule has 1 heterocycles. The van der Waals surface area contributed by atoms with E-state index in [4.69, 9.17) is 4.74 Å². The van der Waals surface area contributed by atoms with E-state index in [-0.39, 0.29) is 0 Å². The molecule has 1 N–H and O–H groups in total. The zero-order chi connectivity index (χ0) is 9.52. The fourth-order valence-corrected chi connectivity index (χ4v) is 3.83. The van der Waals surface area contributed by atoms with Gasteiger partial charge in [-0.3, -0.25) is 0 Å². The van der Waals surface area contributed by atoms with Crippen molar-refractivity contribution in [1.29, 1.82) is 0 Å². The third-order valence-corrected chi connectivity index (χ3v) is 4.94. The fourth-order valence-electron chi connectivity index (χ4n) is 1.19. The van der Waals surface area contributed by atoms with E-state index in [9.17, 15) is 0 Å². The van der Waals surface area contributed by atoms with Gasteiger partial charge in [-0.15, -0.1) is 0 Å². The van der Waals surface area contributed by atoms with Gasteiger partial charge in [0.1, 0.15) is 0 Å². The van der Waals surface area contributed by atoms with E-state index in [1.165, 1.54) is 17.3 Å². The molecule has 0 aromatic carbocycles. The van der Waals surface area contributed by atoms with Crippen LogP contribution in [-0.2, 0) is 4.74 Å². The first-order valence-electron chi connectivity index (χ1n) is 4.75. The van der Waals surface area contributed by atoms with Gasteiger partial charge >= 0.3 is 0 Å². The van der Waals surface area contributed by atoms with Crippen LogP contribution in [0.25, 0.3) is 0 Å². The summed E-state index contributed by atoms with van der Waals surface area (Å²) in [6, 6.07) is 0. The van der Waals surface area contributed by atoms with Crippen molar-refractivity contribution >= 4 is 23.5 Å². The molecular formula is C9H19NOS2. The van der Waals surface area contributed by atoms with Crippen LogP contribution in [0.3, 0.4) is 0 Å². The molecule has 0 spiro atoms. The van der Waals surface area contributed by atoms with E-state index in [2.05, 4.69) is 35.8 Å². The first kappa shape index (κ1) is 11.7. The molecule has 1 fully saturated rings. The molecular weight excluding hydrogens is 202 g/mol. The normalized spacial score (nSPS) is 25.8. The van der Waals surface area contributed by atoms with E-state index >= 15 is 0 Å². The Labute approximate surface area is 89.6 Å². The Bertz CT molecular complexity index is 129. The minimum Gasteiger partial charge on any atom is -0.380 e. The van der Waals surface area contributed by atoms with E-state index in [1.54, 1.807) is 7.11 Å². The van der Waals surface area contributed by atoms with Gasteiger partial charge in [0.25, 0.3) is 0 Å². The average Bonchev–Trinajstić information content (AvgIpc) is 2.19. The third-order valence-electron chi connectivity index (χ3n) is 2.09. The van der Waals surface area contributed by atoms with Crippen molar-refractivity contribution in [2.45, 2.75) is 18.3 Å². The highest BCUT2D eigenvalue weighted by molar-refractivity contribution is 8.06. The Morgan fingerprint density at radius 3 is 3.00 bits per heavy atom. The summed E-state index contributed by atoms with van der Waals surface area (Å²) < 4.78 is 5.17. The van der Waals surface area contributed by atoms with Crippen LogP contribution in [0.15, 0.2) is 0 Å². The molecule has 0 aliphatic carbocycles. The molecule has 0 aromatic heterocycles. The number of nitrogens with one attached hydrogen (secondary N) is 1. The molecule has 0 radical (unpaired) electrons. The molecule has 2 atom stereocenters. The highest BCUT2D eigenvalue weighted by atomic mass is 32.2. The number of hydrogen-bond acceptors (Lipinski definition) is 4. The van der Waals surface area contributed by atoms with Gasteiger partial charge in [-0.05, 0) is 6.92 Å². The van der Waals surface area contributed by atoms with Crippen LogP contribution in [-0.4, -0.2) is 48.8 Å². The summed E-state index contributed by atoms with van der Waals surface area (Å²) in [6.45, 7) is 4.19. The Hall–Kier alpha value is 0.620. The van der Waals surface area contributed by atoms with Gasteiger partial charge in [-0.2, -0.15) is 23.5 Å². The summed E-state index contributed by atoms with van der Waals surface area (Å²) >= 11 is 4.17. The zero-order valence-electron chi connectivity index (χ0n) is 8.41. The van der Waals surface area contributed by atoms with Crippen molar-refractivity contribution in [3.63, 3.8) is 0 Å².